The van der Waals surface area contributed by atoms with Gasteiger partial charge in [0.15, 0.2) is 0 Å². The van der Waals surface area contributed by atoms with Crippen molar-refractivity contribution >= 4 is 0 Å². The topological polar surface area (TPSA) is 38.0 Å². The van der Waals surface area contributed by atoms with Crippen molar-refractivity contribution in [3.8, 4) is 0 Å². The molecule has 1 rings (SSSR count). The molecule has 0 spiro atoms. The molecule has 2 heteroatoms. The maximum Gasteiger partial charge on any atom is 0.0241 e. The van der Waals surface area contributed by atoms with E-state index in [-0.39, 0.29) is 5.41 Å². The van der Waals surface area contributed by atoms with Crippen LogP contribution in [0.5, 0.6) is 0 Å². The predicted molar refractivity (Wildman–Crippen MR) is 57.7 cm³/mol. The van der Waals surface area contributed by atoms with E-state index in [2.05, 4.69) is 26.1 Å². The van der Waals surface area contributed by atoms with Crippen LogP contribution >= 0.6 is 0 Å². The molecule has 1 fully saturated rings. The molecule has 13 heavy (non-hydrogen) atoms. The van der Waals surface area contributed by atoms with Gasteiger partial charge in [0.2, 0.25) is 0 Å². The van der Waals surface area contributed by atoms with Gasteiger partial charge in [-0.25, -0.2) is 0 Å². The standard InChI is InChI=1S/C11H24N2/c1-11(2,3)10(8-12)13-9-6-4-5-7-9/h9-10,13H,4-8,12H2,1-3H3. The van der Waals surface area contributed by atoms with E-state index in [9.17, 15) is 0 Å². The second kappa shape index (κ2) is 4.43. The molecule has 1 unspecified atom stereocenters. The zero-order valence-corrected chi connectivity index (χ0v) is 9.27. The van der Waals surface area contributed by atoms with Crippen molar-refractivity contribution in [3.63, 3.8) is 0 Å². The lowest BCUT2D eigenvalue weighted by Gasteiger charge is -2.33. The largest absolute Gasteiger partial charge is 0.329 e. The number of hydrogen-bond acceptors (Lipinski definition) is 2. The molecule has 0 radical (unpaired) electrons. The molecule has 1 saturated carbocycles. The Balaban J connectivity index is 2.39. The van der Waals surface area contributed by atoms with Crippen molar-refractivity contribution in [2.24, 2.45) is 11.1 Å². The molecule has 0 aromatic rings. The first-order valence-electron chi connectivity index (χ1n) is 5.50. The Bertz CT molecular complexity index is 143. The minimum atomic E-state index is 0.289. The van der Waals surface area contributed by atoms with Crippen LogP contribution < -0.4 is 11.1 Å². The van der Waals surface area contributed by atoms with E-state index in [4.69, 9.17) is 5.73 Å². The third kappa shape index (κ3) is 3.28. The summed E-state index contributed by atoms with van der Waals surface area (Å²) in [5, 5.41) is 3.68. The second-order valence-corrected chi connectivity index (χ2v) is 5.30. The molecule has 0 aliphatic heterocycles. The van der Waals surface area contributed by atoms with E-state index in [1.54, 1.807) is 0 Å². The molecule has 0 aromatic heterocycles. The van der Waals surface area contributed by atoms with Crippen LogP contribution in [0.15, 0.2) is 0 Å². The Morgan fingerprint density at radius 1 is 1.31 bits per heavy atom. The van der Waals surface area contributed by atoms with E-state index in [0.717, 1.165) is 12.6 Å². The molecule has 0 amide bonds. The van der Waals surface area contributed by atoms with Crippen LogP contribution in [0.3, 0.4) is 0 Å². The molecular formula is C11H24N2. The number of rotatable bonds is 3. The highest BCUT2D eigenvalue weighted by Crippen LogP contribution is 2.23. The molecule has 1 aliphatic carbocycles. The van der Waals surface area contributed by atoms with E-state index >= 15 is 0 Å². The normalized spacial score (nSPS) is 22.2. The average Bonchev–Trinajstić information content (AvgIpc) is 2.49. The average molecular weight is 184 g/mol. The number of nitrogens with one attached hydrogen (secondary N) is 1. The van der Waals surface area contributed by atoms with Crippen molar-refractivity contribution in [1.82, 2.24) is 5.32 Å². The molecule has 78 valence electrons. The highest BCUT2D eigenvalue weighted by molar-refractivity contribution is 4.86. The van der Waals surface area contributed by atoms with Gasteiger partial charge in [0.05, 0.1) is 0 Å². The first-order valence-corrected chi connectivity index (χ1v) is 5.50. The fourth-order valence-corrected chi connectivity index (χ4v) is 2.05. The number of hydrogen-bond donors (Lipinski definition) is 2. The molecule has 1 atom stereocenters. The van der Waals surface area contributed by atoms with E-state index in [1.165, 1.54) is 25.7 Å². The Hall–Kier alpha value is -0.0800. The molecule has 0 bridgehead atoms. The summed E-state index contributed by atoms with van der Waals surface area (Å²) >= 11 is 0. The van der Waals surface area contributed by atoms with Crippen LogP contribution in [-0.2, 0) is 0 Å². The van der Waals surface area contributed by atoms with Crippen LogP contribution in [0.4, 0.5) is 0 Å². The Kier molecular flexibility index (Phi) is 3.74. The van der Waals surface area contributed by atoms with Gasteiger partial charge >= 0.3 is 0 Å². The lowest BCUT2D eigenvalue weighted by molar-refractivity contribution is 0.251. The fraction of sp³-hybridized carbons (Fsp3) is 1.00. The third-order valence-corrected chi connectivity index (χ3v) is 3.07. The molecule has 3 N–H and O–H groups in total. The van der Waals surface area contributed by atoms with Gasteiger partial charge in [-0.15, -0.1) is 0 Å². The minimum Gasteiger partial charge on any atom is -0.329 e. The Labute approximate surface area is 82.3 Å². The molecule has 0 aromatic carbocycles. The van der Waals surface area contributed by atoms with Gasteiger partial charge < -0.3 is 11.1 Å². The first kappa shape index (κ1) is 11.0. The van der Waals surface area contributed by atoms with Gasteiger partial charge in [0.25, 0.3) is 0 Å². The van der Waals surface area contributed by atoms with Crippen LogP contribution in [-0.4, -0.2) is 18.6 Å². The maximum absolute atomic E-state index is 5.77. The van der Waals surface area contributed by atoms with Gasteiger partial charge in [-0.2, -0.15) is 0 Å². The molecular weight excluding hydrogens is 160 g/mol. The maximum atomic E-state index is 5.77. The predicted octanol–water partition coefficient (Wildman–Crippen LogP) is 1.89. The van der Waals surface area contributed by atoms with Gasteiger partial charge in [-0.3, -0.25) is 0 Å². The lowest BCUT2D eigenvalue weighted by atomic mass is 9.86. The summed E-state index contributed by atoms with van der Waals surface area (Å²) in [5.41, 5.74) is 6.06. The summed E-state index contributed by atoms with van der Waals surface area (Å²) in [6, 6.07) is 1.20. The van der Waals surface area contributed by atoms with E-state index in [0.29, 0.717) is 6.04 Å². The summed E-state index contributed by atoms with van der Waals surface area (Å²) < 4.78 is 0. The van der Waals surface area contributed by atoms with Gasteiger partial charge in [-0.05, 0) is 18.3 Å². The summed E-state index contributed by atoms with van der Waals surface area (Å²) in [6.07, 6.45) is 5.46. The highest BCUT2D eigenvalue weighted by atomic mass is 15.0. The van der Waals surface area contributed by atoms with E-state index in [1.807, 2.05) is 0 Å². The fourth-order valence-electron chi connectivity index (χ4n) is 2.05. The van der Waals surface area contributed by atoms with Crippen molar-refractivity contribution < 1.29 is 0 Å². The van der Waals surface area contributed by atoms with Crippen LogP contribution in [0.2, 0.25) is 0 Å². The monoisotopic (exact) mass is 184 g/mol. The van der Waals surface area contributed by atoms with Crippen LogP contribution in [0.25, 0.3) is 0 Å². The summed E-state index contributed by atoms with van der Waals surface area (Å²) in [7, 11) is 0. The third-order valence-electron chi connectivity index (χ3n) is 3.07. The molecule has 0 saturated heterocycles. The summed E-state index contributed by atoms with van der Waals surface area (Å²) in [5.74, 6) is 0. The van der Waals surface area contributed by atoms with Gasteiger partial charge in [-0.1, -0.05) is 33.6 Å². The van der Waals surface area contributed by atoms with Gasteiger partial charge in [0, 0.05) is 18.6 Å². The summed E-state index contributed by atoms with van der Waals surface area (Å²) in [4.78, 5) is 0. The zero-order chi connectivity index (χ0) is 9.90. The zero-order valence-electron chi connectivity index (χ0n) is 9.27. The smallest absolute Gasteiger partial charge is 0.0241 e. The lowest BCUT2D eigenvalue weighted by Crippen LogP contribution is -2.49. The van der Waals surface area contributed by atoms with Crippen LogP contribution in [0.1, 0.15) is 46.5 Å². The van der Waals surface area contributed by atoms with Crippen molar-refractivity contribution in [3.05, 3.63) is 0 Å². The Morgan fingerprint density at radius 3 is 2.23 bits per heavy atom. The van der Waals surface area contributed by atoms with Crippen molar-refractivity contribution in [1.29, 1.82) is 0 Å². The van der Waals surface area contributed by atoms with Crippen molar-refractivity contribution in [2.45, 2.75) is 58.5 Å². The highest BCUT2D eigenvalue weighted by Gasteiger charge is 2.26. The quantitative estimate of drug-likeness (QED) is 0.703. The SMILES string of the molecule is CC(C)(C)C(CN)NC1CCCC1. The molecule has 0 heterocycles. The minimum absolute atomic E-state index is 0.289. The second-order valence-electron chi connectivity index (χ2n) is 5.30. The Morgan fingerprint density at radius 2 is 1.85 bits per heavy atom. The van der Waals surface area contributed by atoms with Crippen molar-refractivity contribution in [2.75, 3.05) is 6.54 Å². The number of nitrogens with two attached hydrogens (primary N) is 1. The summed E-state index contributed by atoms with van der Waals surface area (Å²) in [6.45, 7) is 7.52. The van der Waals surface area contributed by atoms with E-state index < -0.39 is 0 Å². The molecule has 1 aliphatic rings. The van der Waals surface area contributed by atoms with Crippen LogP contribution in [0, 0.1) is 5.41 Å². The van der Waals surface area contributed by atoms with Gasteiger partial charge in [0.1, 0.15) is 0 Å². The molecule has 2 nitrogen and oxygen atoms in total. The first-order chi connectivity index (χ1) is 6.04.